The number of primary amides is 1. The van der Waals surface area contributed by atoms with E-state index in [1.165, 1.54) is 0 Å². The minimum atomic E-state index is -0.470. The summed E-state index contributed by atoms with van der Waals surface area (Å²) >= 11 is 0. The number of amides is 1. The van der Waals surface area contributed by atoms with Crippen LogP contribution in [0, 0.1) is 0 Å². The number of nitrogens with two attached hydrogens (primary N) is 1. The maximum Gasteiger partial charge on any atom is 0.252 e. The summed E-state index contributed by atoms with van der Waals surface area (Å²) in [6.45, 7) is 0. The molecule has 0 aliphatic heterocycles. The van der Waals surface area contributed by atoms with E-state index in [1.807, 2.05) is 0 Å². The van der Waals surface area contributed by atoms with E-state index in [-0.39, 0.29) is 0 Å². The second kappa shape index (κ2) is 3.01. The quantitative estimate of drug-likeness (QED) is 0.635. The number of aromatic nitrogens is 1. The molecule has 0 saturated heterocycles. The minimum absolute atomic E-state index is 0.412. The van der Waals surface area contributed by atoms with E-state index in [2.05, 4.69) is 10.3 Å². The molecule has 1 amide bonds. The summed E-state index contributed by atoms with van der Waals surface area (Å²) in [4.78, 5) is 14.6. The van der Waals surface area contributed by atoms with Crippen molar-refractivity contribution in [3.05, 3.63) is 23.9 Å². The van der Waals surface area contributed by atoms with Crippen LogP contribution >= 0.6 is 0 Å². The summed E-state index contributed by atoms with van der Waals surface area (Å²) < 4.78 is 0. The van der Waals surface area contributed by atoms with Crippen LogP contribution < -0.4 is 11.1 Å². The highest BCUT2D eigenvalue weighted by atomic mass is 16.1. The smallest absolute Gasteiger partial charge is 0.252 e. The van der Waals surface area contributed by atoms with Gasteiger partial charge in [0.15, 0.2) is 0 Å². The molecule has 0 saturated carbocycles. The number of rotatable bonds is 2. The highest BCUT2D eigenvalue weighted by Gasteiger charge is 2.05. The predicted octanol–water partition coefficient (Wildman–Crippen LogP) is 0.222. The Morgan fingerprint density at radius 1 is 1.73 bits per heavy atom. The van der Waals surface area contributed by atoms with Crippen LogP contribution in [0.15, 0.2) is 18.3 Å². The fraction of sp³-hybridized carbons (Fsp3) is 0.143. The Morgan fingerprint density at radius 2 is 2.45 bits per heavy atom. The van der Waals surface area contributed by atoms with Crippen LogP contribution in [0.1, 0.15) is 10.4 Å². The molecule has 1 aromatic rings. The molecule has 0 aliphatic rings. The molecule has 0 bridgehead atoms. The van der Waals surface area contributed by atoms with E-state index in [0.29, 0.717) is 11.4 Å². The first kappa shape index (κ1) is 7.53. The fourth-order valence-corrected chi connectivity index (χ4v) is 0.803. The first-order chi connectivity index (χ1) is 5.25. The number of hydrogen-bond acceptors (Lipinski definition) is 3. The Morgan fingerprint density at radius 3 is 2.91 bits per heavy atom. The van der Waals surface area contributed by atoms with Crippen LogP contribution in [0.4, 0.5) is 5.82 Å². The van der Waals surface area contributed by atoms with Crippen LogP contribution in [0.25, 0.3) is 0 Å². The predicted molar refractivity (Wildman–Crippen MR) is 42.3 cm³/mol. The molecule has 1 aromatic heterocycles. The lowest BCUT2D eigenvalue weighted by Crippen LogP contribution is -2.13. The molecule has 0 unspecified atom stereocenters. The summed E-state index contributed by atoms with van der Waals surface area (Å²) in [6, 6.07) is 3.29. The Hall–Kier alpha value is -1.58. The van der Waals surface area contributed by atoms with Gasteiger partial charge in [-0.3, -0.25) is 4.79 Å². The lowest BCUT2D eigenvalue weighted by molar-refractivity contribution is 0.100. The van der Waals surface area contributed by atoms with E-state index >= 15 is 0 Å². The summed E-state index contributed by atoms with van der Waals surface area (Å²) in [7, 11) is 1.69. The summed E-state index contributed by atoms with van der Waals surface area (Å²) in [6.07, 6.45) is 1.60. The molecule has 3 N–H and O–H groups in total. The molecule has 1 heterocycles. The Bertz CT molecular complexity index is 272. The van der Waals surface area contributed by atoms with Crippen molar-refractivity contribution in [1.29, 1.82) is 0 Å². The zero-order chi connectivity index (χ0) is 8.27. The van der Waals surface area contributed by atoms with Gasteiger partial charge < -0.3 is 11.1 Å². The first-order valence-electron chi connectivity index (χ1n) is 3.18. The van der Waals surface area contributed by atoms with Crippen molar-refractivity contribution in [1.82, 2.24) is 4.98 Å². The molecule has 0 atom stereocenters. The molecule has 11 heavy (non-hydrogen) atoms. The van der Waals surface area contributed by atoms with Gasteiger partial charge in [0.2, 0.25) is 0 Å². The molecule has 0 aromatic carbocycles. The lowest BCUT2D eigenvalue weighted by atomic mass is 10.2. The lowest BCUT2D eigenvalue weighted by Gasteiger charge is -2.02. The molecule has 4 heteroatoms. The van der Waals surface area contributed by atoms with Gasteiger partial charge in [0.05, 0.1) is 5.56 Å². The van der Waals surface area contributed by atoms with E-state index < -0.39 is 5.91 Å². The van der Waals surface area contributed by atoms with Crippen molar-refractivity contribution in [3.63, 3.8) is 0 Å². The average Bonchev–Trinajstić information content (AvgIpc) is 2.04. The van der Waals surface area contributed by atoms with E-state index in [4.69, 9.17) is 5.73 Å². The topological polar surface area (TPSA) is 68.0 Å². The van der Waals surface area contributed by atoms with Crippen LogP contribution in [-0.2, 0) is 0 Å². The maximum absolute atomic E-state index is 10.7. The van der Waals surface area contributed by atoms with Crippen LogP contribution in [0.5, 0.6) is 0 Å². The normalized spacial score (nSPS) is 9.18. The molecule has 0 fully saturated rings. The van der Waals surface area contributed by atoms with Gasteiger partial charge in [-0.1, -0.05) is 0 Å². The molecule has 4 nitrogen and oxygen atoms in total. The van der Waals surface area contributed by atoms with Gasteiger partial charge in [-0.2, -0.15) is 0 Å². The van der Waals surface area contributed by atoms with Gasteiger partial charge in [-0.15, -0.1) is 0 Å². The molecule has 0 spiro atoms. The van der Waals surface area contributed by atoms with Crippen molar-refractivity contribution in [2.24, 2.45) is 5.73 Å². The van der Waals surface area contributed by atoms with Crippen LogP contribution in [0.2, 0.25) is 0 Å². The SMILES string of the molecule is CNc1ncccc1C(N)=O. The second-order valence-corrected chi connectivity index (χ2v) is 2.01. The van der Waals surface area contributed by atoms with Gasteiger partial charge in [-0.05, 0) is 12.1 Å². The van der Waals surface area contributed by atoms with Crippen molar-refractivity contribution < 1.29 is 4.79 Å². The van der Waals surface area contributed by atoms with Crippen molar-refractivity contribution in [3.8, 4) is 0 Å². The Labute approximate surface area is 64.4 Å². The Kier molecular flexibility index (Phi) is 2.06. The highest BCUT2D eigenvalue weighted by molar-refractivity contribution is 5.97. The zero-order valence-electron chi connectivity index (χ0n) is 6.16. The first-order valence-corrected chi connectivity index (χ1v) is 3.18. The van der Waals surface area contributed by atoms with E-state index in [0.717, 1.165) is 0 Å². The van der Waals surface area contributed by atoms with Crippen LogP contribution in [0.3, 0.4) is 0 Å². The standard InChI is InChI=1S/C7H9N3O/c1-9-7-5(6(8)11)3-2-4-10-7/h2-4H,1H3,(H2,8,11)(H,9,10). The van der Waals surface area contributed by atoms with Gasteiger partial charge in [0, 0.05) is 13.2 Å². The monoisotopic (exact) mass is 151 g/mol. The number of pyridine rings is 1. The summed E-state index contributed by atoms with van der Waals surface area (Å²) in [5.74, 6) is 0.0439. The van der Waals surface area contributed by atoms with Gasteiger partial charge >= 0.3 is 0 Å². The molecule has 0 aliphatic carbocycles. The number of hydrogen-bond donors (Lipinski definition) is 2. The third-order valence-corrected chi connectivity index (χ3v) is 1.31. The van der Waals surface area contributed by atoms with Gasteiger partial charge in [0.1, 0.15) is 5.82 Å². The van der Waals surface area contributed by atoms with Crippen molar-refractivity contribution in [2.75, 3.05) is 12.4 Å². The number of nitrogens with zero attached hydrogens (tertiary/aromatic N) is 1. The van der Waals surface area contributed by atoms with Crippen LogP contribution in [-0.4, -0.2) is 17.9 Å². The molecular formula is C7H9N3O. The Balaban J connectivity index is 3.12. The molecular weight excluding hydrogens is 142 g/mol. The number of anilines is 1. The van der Waals surface area contributed by atoms with E-state index in [9.17, 15) is 4.79 Å². The maximum atomic E-state index is 10.7. The summed E-state index contributed by atoms with van der Waals surface area (Å²) in [5, 5.41) is 2.76. The summed E-state index contributed by atoms with van der Waals surface area (Å²) in [5.41, 5.74) is 5.48. The number of carbonyl (C=O) groups is 1. The highest BCUT2D eigenvalue weighted by Crippen LogP contribution is 2.08. The molecule has 58 valence electrons. The van der Waals surface area contributed by atoms with Gasteiger partial charge in [-0.25, -0.2) is 4.98 Å². The fourth-order valence-electron chi connectivity index (χ4n) is 0.803. The molecule has 0 radical (unpaired) electrons. The third-order valence-electron chi connectivity index (χ3n) is 1.31. The number of nitrogens with one attached hydrogen (secondary N) is 1. The second-order valence-electron chi connectivity index (χ2n) is 2.01. The van der Waals surface area contributed by atoms with E-state index in [1.54, 1.807) is 25.4 Å². The van der Waals surface area contributed by atoms with Gasteiger partial charge in [0.25, 0.3) is 5.91 Å². The molecule has 1 rings (SSSR count). The van der Waals surface area contributed by atoms with Crippen molar-refractivity contribution in [2.45, 2.75) is 0 Å². The van der Waals surface area contributed by atoms with Crippen molar-refractivity contribution >= 4 is 11.7 Å². The minimum Gasteiger partial charge on any atom is -0.372 e. The largest absolute Gasteiger partial charge is 0.372 e. The zero-order valence-corrected chi connectivity index (χ0v) is 6.16. The third kappa shape index (κ3) is 1.46. The number of carbonyl (C=O) groups excluding carboxylic acids is 1. The average molecular weight is 151 g/mol.